The average molecular weight is 560 g/mol. The molecular formula is C33H41N3O5. The third kappa shape index (κ3) is 8.91. The van der Waals surface area contributed by atoms with Gasteiger partial charge in [0.15, 0.2) is 0 Å². The van der Waals surface area contributed by atoms with E-state index in [1.165, 1.54) is 4.90 Å². The molecular weight excluding hydrogens is 518 g/mol. The molecule has 0 radical (unpaired) electrons. The minimum atomic E-state index is -1.08. The number of ether oxygens (including phenoxy) is 1. The average Bonchev–Trinajstić information content (AvgIpc) is 2.89. The molecule has 3 aromatic rings. The van der Waals surface area contributed by atoms with Crippen LogP contribution in [0.5, 0.6) is 0 Å². The quantitative estimate of drug-likeness (QED) is 0.315. The van der Waals surface area contributed by atoms with Gasteiger partial charge in [0.25, 0.3) is 5.91 Å². The van der Waals surface area contributed by atoms with Gasteiger partial charge >= 0.3 is 6.09 Å². The molecule has 2 atom stereocenters. The highest BCUT2D eigenvalue weighted by Crippen LogP contribution is 2.28. The number of para-hydroxylation sites is 1. The van der Waals surface area contributed by atoms with Crippen LogP contribution in [0.3, 0.4) is 0 Å². The molecule has 0 heterocycles. The van der Waals surface area contributed by atoms with Crippen molar-refractivity contribution in [3.63, 3.8) is 0 Å². The number of amides is 3. The van der Waals surface area contributed by atoms with Gasteiger partial charge in [-0.15, -0.1) is 0 Å². The Morgan fingerprint density at radius 1 is 0.902 bits per heavy atom. The number of carbonyl (C=O) groups excluding carboxylic acids is 3. The zero-order valence-electron chi connectivity index (χ0n) is 24.7. The Bertz CT molecular complexity index is 1350. The summed E-state index contributed by atoms with van der Waals surface area (Å²) in [6.45, 7) is 10.4. The summed E-state index contributed by atoms with van der Waals surface area (Å²) in [4.78, 5) is 42.5. The van der Waals surface area contributed by atoms with E-state index in [9.17, 15) is 19.5 Å². The van der Waals surface area contributed by atoms with Gasteiger partial charge in [0, 0.05) is 18.7 Å². The molecule has 0 spiro atoms. The molecule has 0 saturated carbocycles. The van der Waals surface area contributed by atoms with Gasteiger partial charge in [-0.1, -0.05) is 72.3 Å². The van der Waals surface area contributed by atoms with Gasteiger partial charge in [0.05, 0.1) is 6.61 Å². The molecule has 0 bridgehead atoms. The van der Waals surface area contributed by atoms with Crippen molar-refractivity contribution in [3.05, 3.63) is 101 Å². The van der Waals surface area contributed by atoms with Crippen molar-refractivity contribution in [2.24, 2.45) is 0 Å². The number of aliphatic hydroxyl groups is 1. The van der Waals surface area contributed by atoms with Gasteiger partial charge in [0.1, 0.15) is 17.7 Å². The van der Waals surface area contributed by atoms with E-state index < -0.39 is 35.6 Å². The van der Waals surface area contributed by atoms with Crippen LogP contribution in [0.4, 0.5) is 10.5 Å². The molecule has 0 aliphatic rings. The van der Waals surface area contributed by atoms with Gasteiger partial charge in [-0.2, -0.15) is 0 Å². The van der Waals surface area contributed by atoms with E-state index in [1.807, 2.05) is 87.5 Å². The lowest BCUT2D eigenvalue weighted by atomic mass is 9.95. The Labute approximate surface area is 242 Å². The number of nitrogens with one attached hydrogen (secondary N) is 2. The van der Waals surface area contributed by atoms with Gasteiger partial charge in [-0.3, -0.25) is 9.59 Å². The number of nitrogens with zero attached hydrogens (tertiary/aromatic N) is 1. The monoisotopic (exact) mass is 559 g/mol. The highest BCUT2D eigenvalue weighted by Gasteiger charge is 2.37. The largest absolute Gasteiger partial charge is 0.444 e. The highest BCUT2D eigenvalue weighted by molar-refractivity contribution is 5.99. The summed E-state index contributed by atoms with van der Waals surface area (Å²) < 4.78 is 5.46. The van der Waals surface area contributed by atoms with Crippen molar-refractivity contribution in [1.82, 2.24) is 10.2 Å². The molecule has 3 N–H and O–H groups in total. The van der Waals surface area contributed by atoms with Crippen molar-refractivity contribution in [1.29, 1.82) is 0 Å². The van der Waals surface area contributed by atoms with E-state index >= 15 is 0 Å². The molecule has 3 amide bonds. The van der Waals surface area contributed by atoms with E-state index in [4.69, 9.17) is 4.74 Å². The molecule has 0 aliphatic heterocycles. The van der Waals surface area contributed by atoms with Crippen molar-refractivity contribution in [2.75, 3.05) is 18.5 Å². The molecule has 218 valence electrons. The zero-order valence-corrected chi connectivity index (χ0v) is 24.7. The number of hydrogen-bond acceptors (Lipinski definition) is 5. The Hall–Kier alpha value is -4.17. The van der Waals surface area contributed by atoms with Crippen molar-refractivity contribution in [2.45, 2.75) is 65.6 Å². The second-order valence-electron chi connectivity index (χ2n) is 11.2. The maximum absolute atomic E-state index is 14.3. The third-order valence-electron chi connectivity index (χ3n) is 6.58. The molecule has 3 rings (SSSR count). The standard InChI is InChI=1S/C33H41N3O5/c1-22-16-17-26(24(3)20-22)29(30(38)34-27-15-11-10-12-23(27)2)36(18-19-37)31(39)28(21-25-13-8-7-9-14-25)35-32(40)41-33(4,5)6/h7-17,20,28-29,37H,18-19,21H2,1-6H3,(H,34,38)(H,35,40). The summed E-state index contributed by atoms with van der Waals surface area (Å²) in [6, 6.07) is 20.2. The highest BCUT2D eigenvalue weighted by atomic mass is 16.6. The molecule has 41 heavy (non-hydrogen) atoms. The molecule has 2 unspecified atom stereocenters. The second-order valence-corrected chi connectivity index (χ2v) is 11.2. The van der Waals surface area contributed by atoms with E-state index in [0.29, 0.717) is 11.3 Å². The summed E-state index contributed by atoms with van der Waals surface area (Å²) in [5, 5.41) is 15.8. The van der Waals surface area contributed by atoms with E-state index in [1.54, 1.807) is 26.8 Å². The number of carbonyl (C=O) groups is 3. The van der Waals surface area contributed by atoms with Crippen molar-refractivity contribution >= 4 is 23.6 Å². The van der Waals surface area contributed by atoms with Gasteiger partial charge < -0.3 is 25.4 Å². The minimum absolute atomic E-state index is 0.126. The maximum atomic E-state index is 14.3. The lowest BCUT2D eigenvalue weighted by molar-refractivity contribution is -0.141. The summed E-state index contributed by atoms with van der Waals surface area (Å²) in [5.41, 5.74) is 4.00. The predicted octanol–water partition coefficient (Wildman–Crippen LogP) is 5.25. The predicted molar refractivity (Wildman–Crippen MR) is 161 cm³/mol. The number of anilines is 1. The van der Waals surface area contributed by atoms with Crippen LogP contribution in [-0.4, -0.2) is 52.7 Å². The zero-order chi connectivity index (χ0) is 30.2. The lowest BCUT2D eigenvalue weighted by Gasteiger charge is -2.35. The molecule has 0 aliphatic carbocycles. The summed E-state index contributed by atoms with van der Waals surface area (Å²) >= 11 is 0. The number of rotatable bonds is 10. The summed E-state index contributed by atoms with van der Waals surface area (Å²) in [6.07, 6.45) is -0.581. The van der Waals surface area contributed by atoms with Gasteiger partial charge in [-0.05, 0) is 69.9 Å². The normalized spacial score (nSPS) is 12.7. The molecule has 8 heteroatoms. The van der Waals surface area contributed by atoms with Gasteiger partial charge in [-0.25, -0.2) is 4.79 Å². The third-order valence-corrected chi connectivity index (χ3v) is 6.58. The Balaban J connectivity index is 2.07. The fourth-order valence-electron chi connectivity index (χ4n) is 4.67. The minimum Gasteiger partial charge on any atom is -0.444 e. The summed E-state index contributed by atoms with van der Waals surface area (Å²) in [5.74, 6) is -0.942. The number of aliphatic hydroxyl groups excluding tert-OH is 1. The smallest absolute Gasteiger partial charge is 0.408 e. The Morgan fingerprint density at radius 2 is 1.56 bits per heavy atom. The van der Waals surface area contributed by atoms with Crippen molar-refractivity contribution < 1.29 is 24.2 Å². The van der Waals surface area contributed by atoms with Crippen LogP contribution >= 0.6 is 0 Å². The first-order valence-electron chi connectivity index (χ1n) is 13.8. The van der Waals surface area contributed by atoms with E-state index in [-0.39, 0.29) is 19.6 Å². The van der Waals surface area contributed by atoms with Crippen LogP contribution in [0, 0.1) is 20.8 Å². The van der Waals surface area contributed by atoms with Crippen LogP contribution in [0.1, 0.15) is 54.6 Å². The Kier molecular flexibility index (Phi) is 10.7. The van der Waals surface area contributed by atoms with E-state index in [0.717, 1.165) is 22.3 Å². The van der Waals surface area contributed by atoms with Crippen molar-refractivity contribution in [3.8, 4) is 0 Å². The fraction of sp³-hybridized carbons (Fsp3) is 0.364. The molecule has 0 saturated heterocycles. The molecule has 3 aromatic carbocycles. The van der Waals surface area contributed by atoms with E-state index in [2.05, 4.69) is 10.6 Å². The molecule has 0 fully saturated rings. The SMILES string of the molecule is Cc1ccc(C(C(=O)Nc2ccccc2C)N(CCO)C(=O)C(Cc2ccccc2)NC(=O)OC(C)(C)C)c(C)c1. The lowest BCUT2D eigenvalue weighted by Crippen LogP contribution is -2.54. The van der Waals surface area contributed by atoms with Crippen LogP contribution in [0.2, 0.25) is 0 Å². The first-order chi connectivity index (χ1) is 19.4. The number of aryl methyl sites for hydroxylation is 3. The summed E-state index contributed by atoms with van der Waals surface area (Å²) in [7, 11) is 0. The van der Waals surface area contributed by atoms with Gasteiger partial charge in [0.2, 0.25) is 5.91 Å². The molecule has 8 nitrogen and oxygen atoms in total. The fourth-order valence-corrected chi connectivity index (χ4v) is 4.67. The van der Waals surface area contributed by atoms with Crippen LogP contribution in [-0.2, 0) is 20.7 Å². The Morgan fingerprint density at radius 3 is 2.17 bits per heavy atom. The topological polar surface area (TPSA) is 108 Å². The first kappa shape index (κ1) is 31.4. The van der Waals surface area contributed by atoms with Crippen LogP contribution in [0.25, 0.3) is 0 Å². The van der Waals surface area contributed by atoms with Crippen LogP contribution in [0.15, 0.2) is 72.8 Å². The van der Waals surface area contributed by atoms with Crippen LogP contribution < -0.4 is 10.6 Å². The maximum Gasteiger partial charge on any atom is 0.408 e. The molecule has 0 aromatic heterocycles. The number of hydrogen-bond donors (Lipinski definition) is 3. The second kappa shape index (κ2) is 13.9. The number of benzene rings is 3. The first-order valence-corrected chi connectivity index (χ1v) is 13.8. The number of alkyl carbamates (subject to hydrolysis) is 1.